The van der Waals surface area contributed by atoms with Gasteiger partial charge in [0.05, 0.1) is 5.60 Å². The lowest BCUT2D eigenvalue weighted by molar-refractivity contribution is 0.0786. The number of aliphatic hydroxyl groups is 1. The molecule has 5 nitrogen and oxygen atoms in total. The van der Waals surface area contributed by atoms with E-state index in [9.17, 15) is 5.11 Å². The van der Waals surface area contributed by atoms with Crippen LogP contribution in [0.15, 0.2) is 36.7 Å². The molecule has 0 bridgehead atoms. The van der Waals surface area contributed by atoms with Crippen molar-refractivity contribution in [1.82, 2.24) is 9.97 Å². The SMILES string of the molecule is CC(C)(O)c1ccc(CNc2cc(N3CCSCC3)ncn2)cc1. The van der Waals surface area contributed by atoms with Crippen LogP contribution in [0.1, 0.15) is 25.0 Å². The lowest BCUT2D eigenvalue weighted by Crippen LogP contribution is -2.33. The summed E-state index contributed by atoms with van der Waals surface area (Å²) in [6.45, 7) is 6.36. The molecular formula is C18H24N4OS. The third-order valence-corrected chi connectivity index (χ3v) is 5.06. The standard InChI is InChI=1S/C18H24N4OS/c1-18(2,23)15-5-3-14(4-6-15)12-19-16-11-17(21-13-20-16)22-7-9-24-10-8-22/h3-6,11,13,23H,7-10,12H2,1-2H3,(H,19,20,21). The molecule has 1 aliphatic rings. The number of rotatable bonds is 5. The van der Waals surface area contributed by atoms with Gasteiger partial charge in [-0.05, 0) is 25.0 Å². The van der Waals surface area contributed by atoms with Crippen molar-refractivity contribution < 1.29 is 5.11 Å². The van der Waals surface area contributed by atoms with Gasteiger partial charge in [0.15, 0.2) is 0 Å². The van der Waals surface area contributed by atoms with E-state index in [2.05, 4.69) is 20.2 Å². The van der Waals surface area contributed by atoms with Gasteiger partial charge in [0.2, 0.25) is 0 Å². The van der Waals surface area contributed by atoms with Gasteiger partial charge in [0.25, 0.3) is 0 Å². The molecule has 2 heterocycles. The van der Waals surface area contributed by atoms with Gasteiger partial charge < -0.3 is 15.3 Å². The monoisotopic (exact) mass is 344 g/mol. The van der Waals surface area contributed by atoms with Crippen LogP contribution in [0.2, 0.25) is 0 Å². The Labute approximate surface area is 147 Å². The molecule has 2 aromatic rings. The molecular weight excluding hydrogens is 320 g/mol. The molecule has 0 saturated carbocycles. The molecule has 0 atom stereocenters. The average molecular weight is 344 g/mol. The highest BCUT2D eigenvalue weighted by atomic mass is 32.2. The molecule has 1 fully saturated rings. The minimum absolute atomic E-state index is 0.693. The van der Waals surface area contributed by atoms with Gasteiger partial charge >= 0.3 is 0 Å². The Morgan fingerprint density at radius 3 is 2.54 bits per heavy atom. The number of anilines is 2. The Morgan fingerprint density at radius 1 is 1.17 bits per heavy atom. The van der Waals surface area contributed by atoms with Gasteiger partial charge in [-0.3, -0.25) is 0 Å². The first kappa shape index (κ1) is 17.0. The van der Waals surface area contributed by atoms with Crippen LogP contribution in [0.4, 0.5) is 11.6 Å². The zero-order chi connectivity index (χ0) is 17.0. The molecule has 1 aromatic carbocycles. The minimum atomic E-state index is -0.805. The lowest BCUT2D eigenvalue weighted by Gasteiger charge is -2.27. The van der Waals surface area contributed by atoms with E-state index < -0.39 is 5.60 Å². The van der Waals surface area contributed by atoms with Crippen LogP contribution >= 0.6 is 11.8 Å². The molecule has 128 valence electrons. The Balaban J connectivity index is 1.62. The first-order valence-electron chi connectivity index (χ1n) is 8.23. The van der Waals surface area contributed by atoms with E-state index in [1.807, 2.05) is 42.1 Å². The molecule has 6 heteroatoms. The number of nitrogens with zero attached hydrogens (tertiary/aromatic N) is 3. The van der Waals surface area contributed by atoms with E-state index in [0.29, 0.717) is 6.54 Å². The predicted molar refractivity (Wildman–Crippen MR) is 101 cm³/mol. The van der Waals surface area contributed by atoms with Crippen LogP contribution in [-0.4, -0.2) is 39.7 Å². The van der Waals surface area contributed by atoms with Crippen molar-refractivity contribution in [2.45, 2.75) is 26.0 Å². The highest BCUT2D eigenvalue weighted by Crippen LogP contribution is 2.21. The Bertz CT molecular complexity index is 663. The van der Waals surface area contributed by atoms with Crippen LogP contribution in [0.3, 0.4) is 0 Å². The van der Waals surface area contributed by atoms with Crippen LogP contribution in [0.25, 0.3) is 0 Å². The molecule has 1 aromatic heterocycles. The van der Waals surface area contributed by atoms with Gasteiger partial charge in [0, 0.05) is 37.2 Å². The van der Waals surface area contributed by atoms with Gasteiger partial charge in [-0.1, -0.05) is 24.3 Å². The highest BCUT2D eigenvalue weighted by Gasteiger charge is 2.15. The van der Waals surface area contributed by atoms with E-state index in [0.717, 1.165) is 47.4 Å². The average Bonchev–Trinajstić information content (AvgIpc) is 2.61. The molecule has 0 spiro atoms. The molecule has 2 N–H and O–H groups in total. The van der Waals surface area contributed by atoms with Crippen molar-refractivity contribution in [2.75, 3.05) is 34.8 Å². The summed E-state index contributed by atoms with van der Waals surface area (Å²) in [7, 11) is 0. The summed E-state index contributed by atoms with van der Waals surface area (Å²) in [6, 6.07) is 10.0. The summed E-state index contributed by atoms with van der Waals surface area (Å²) in [5.74, 6) is 4.13. The second kappa shape index (κ2) is 7.40. The van der Waals surface area contributed by atoms with Gasteiger partial charge in [0.1, 0.15) is 18.0 Å². The first-order valence-corrected chi connectivity index (χ1v) is 9.38. The molecule has 0 aliphatic carbocycles. The van der Waals surface area contributed by atoms with E-state index in [-0.39, 0.29) is 0 Å². The Kier molecular flexibility index (Phi) is 5.26. The fraction of sp³-hybridized carbons (Fsp3) is 0.444. The van der Waals surface area contributed by atoms with Gasteiger partial charge in [-0.2, -0.15) is 11.8 Å². The maximum atomic E-state index is 10.0. The van der Waals surface area contributed by atoms with Crippen LogP contribution in [0, 0.1) is 0 Å². The van der Waals surface area contributed by atoms with E-state index in [1.54, 1.807) is 20.2 Å². The lowest BCUT2D eigenvalue weighted by atomic mass is 9.97. The molecule has 24 heavy (non-hydrogen) atoms. The summed E-state index contributed by atoms with van der Waals surface area (Å²) in [4.78, 5) is 11.0. The molecule has 0 amide bonds. The van der Waals surface area contributed by atoms with Crippen molar-refractivity contribution in [1.29, 1.82) is 0 Å². The zero-order valence-corrected chi connectivity index (χ0v) is 15.0. The normalized spacial score (nSPS) is 15.4. The summed E-state index contributed by atoms with van der Waals surface area (Å²) in [5.41, 5.74) is 1.26. The molecule has 0 unspecified atom stereocenters. The fourth-order valence-electron chi connectivity index (χ4n) is 2.63. The molecule has 1 aliphatic heterocycles. The van der Waals surface area contributed by atoms with Crippen molar-refractivity contribution in [3.05, 3.63) is 47.8 Å². The van der Waals surface area contributed by atoms with E-state index in [1.165, 1.54) is 0 Å². The number of benzene rings is 1. The van der Waals surface area contributed by atoms with Crippen molar-refractivity contribution in [3.8, 4) is 0 Å². The number of thioether (sulfide) groups is 1. The van der Waals surface area contributed by atoms with Crippen LogP contribution in [0.5, 0.6) is 0 Å². The van der Waals surface area contributed by atoms with Crippen molar-refractivity contribution in [3.63, 3.8) is 0 Å². The smallest absolute Gasteiger partial charge is 0.134 e. The third-order valence-electron chi connectivity index (χ3n) is 4.12. The molecule has 1 saturated heterocycles. The Morgan fingerprint density at radius 2 is 1.88 bits per heavy atom. The van der Waals surface area contributed by atoms with Crippen molar-refractivity contribution in [2.24, 2.45) is 0 Å². The maximum Gasteiger partial charge on any atom is 0.134 e. The quantitative estimate of drug-likeness (QED) is 0.870. The summed E-state index contributed by atoms with van der Waals surface area (Å²) in [6.07, 6.45) is 1.62. The van der Waals surface area contributed by atoms with E-state index >= 15 is 0 Å². The molecule has 3 rings (SSSR count). The maximum absolute atomic E-state index is 10.0. The predicted octanol–water partition coefficient (Wildman–Crippen LogP) is 2.87. The summed E-state index contributed by atoms with van der Waals surface area (Å²) in [5, 5.41) is 13.4. The van der Waals surface area contributed by atoms with Crippen LogP contribution < -0.4 is 10.2 Å². The number of aromatic nitrogens is 2. The summed E-state index contributed by atoms with van der Waals surface area (Å²) >= 11 is 1.99. The Hall–Kier alpha value is -1.79. The number of nitrogens with one attached hydrogen (secondary N) is 1. The fourth-order valence-corrected chi connectivity index (χ4v) is 3.54. The van der Waals surface area contributed by atoms with Crippen molar-refractivity contribution >= 4 is 23.4 Å². The zero-order valence-electron chi connectivity index (χ0n) is 14.2. The molecule has 0 radical (unpaired) electrons. The largest absolute Gasteiger partial charge is 0.386 e. The van der Waals surface area contributed by atoms with Gasteiger partial charge in [-0.15, -0.1) is 0 Å². The second-order valence-electron chi connectivity index (χ2n) is 6.47. The third kappa shape index (κ3) is 4.39. The van der Waals surface area contributed by atoms with E-state index in [4.69, 9.17) is 0 Å². The summed E-state index contributed by atoms with van der Waals surface area (Å²) < 4.78 is 0. The number of hydrogen-bond acceptors (Lipinski definition) is 6. The number of hydrogen-bond donors (Lipinski definition) is 2. The van der Waals surface area contributed by atoms with Crippen LogP contribution in [-0.2, 0) is 12.1 Å². The first-order chi connectivity index (χ1) is 11.5. The second-order valence-corrected chi connectivity index (χ2v) is 7.70. The topological polar surface area (TPSA) is 61.3 Å². The minimum Gasteiger partial charge on any atom is -0.386 e. The highest BCUT2D eigenvalue weighted by molar-refractivity contribution is 7.99. The van der Waals surface area contributed by atoms with Gasteiger partial charge in [-0.25, -0.2) is 9.97 Å².